The maximum Gasteiger partial charge on any atom is 0.441 e. The van der Waals surface area contributed by atoms with Crippen LogP contribution in [0, 0.1) is 11.8 Å². The molecule has 5 heteroatoms. The quantitative estimate of drug-likeness (QED) is 0.763. The summed E-state index contributed by atoms with van der Waals surface area (Å²) in [6.07, 6.45) is 0.572. The summed E-state index contributed by atoms with van der Waals surface area (Å²) >= 11 is 0.0490. The summed E-state index contributed by atoms with van der Waals surface area (Å²) < 4.78 is 35.2. The van der Waals surface area contributed by atoms with Crippen LogP contribution in [0.15, 0.2) is 0 Å². The van der Waals surface area contributed by atoms with Crippen LogP contribution in [-0.4, -0.2) is 17.8 Å². The highest BCUT2D eigenvalue weighted by atomic mass is 32.2. The summed E-state index contributed by atoms with van der Waals surface area (Å²) in [6, 6.07) is 0. The van der Waals surface area contributed by atoms with E-state index in [1.165, 1.54) is 0 Å². The van der Waals surface area contributed by atoms with Crippen molar-refractivity contribution in [3.63, 3.8) is 0 Å². The molecule has 0 aliphatic carbocycles. The van der Waals surface area contributed by atoms with Crippen LogP contribution < -0.4 is 5.73 Å². The van der Waals surface area contributed by atoms with Crippen molar-refractivity contribution in [1.29, 1.82) is 0 Å². The van der Waals surface area contributed by atoms with Crippen LogP contribution in [0.3, 0.4) is 0 Å². The Morgan fingerprint density at radius 2 is 1.77 bits per heavy atom. The second-order valence-corrected chi connectivity index (χ2v) is 4.43. The van der Waals surface area contributed by atoms with Gasteiger partial charge in [-0.15, -0.1) is 0 Å². The van der Waals surface area contributed by atoms with Gasteiger partial charge >= 0.3 is 5.51 Å². The highest BCUT2D eigenvalue weighted by Crippen LogP contribution is 2.31. The average molecular weight is 215 g/mol. The fraction of sp³-hybridized carbons (Fsp3) is 1.00. The summed E-state index contributed by atoms with van der Waals surface area (Å²) in [4.78, 5) is 0. The number of thioether (sulfide) groups is 1. The summed E-state index contributed by atoms with van der Waals surface area (Å²) in [5.74, 6) is 0.698. The molecule has 0 amide bonds. The van der Waals surface area contributed by atoms with Gasteiger partial charge in [-0.3, -0.25) is 0 Å². The molecule has 0 aliphatic heterocycles. The van der Waals surface area contributed by atoms with Crippen LogP contribution in [0.2, 0.25) is 0 Å². The maximum atomic E-state index is 11.7. The van der Waals surface area contributed by atoms with E-state index in [2.05, 4.69) is 0 Å². The first-order valence-electron chi connectivity index (χ1n) is 4.27. The number of rotatable bonds is 5. The number of hydrogen-bond acceptors (Lipinski definition) is 2. The third-order valence-corrected chi connectivity index (χ3v) is 2.95. The predicted molar refractivity (Wildman–Crippen MR) is 50.5 cm³/mol. The van der Waals surface area contributed by atoms with Crippen molar-refractivity contribution in [2.75, 3.05) is 12.3 Å². The first kappa shape index (κ1) is 13.1. The Morgan fingerprint density at radius 1 is 1.23 bits per heavy atom. The van der Waals surface area contributed by atoms with Gasteiger partial charge in [0.2, 0.25) is 0 Å². The minimum Gasteiger partial charge on any atom is -0.330 e. The van der Waals surface area contributed by atoms with E-state index in [1.54, 1.807) is 0 Å². The third kappa shape index (κ3) is 7.19. The lowest BCUT2D eigenvalue weighted by atomic mass is 9.94. The molecule has 0 aromatic rings. The molecule has 1 nitrogen and oxygen atoms in total. The summed E-state index contributed by atoms with van der Waals surface area (Å²) in [5, 5.41) is 0. The van der Waals surface area contributed by atoms with Crippen LogP contribution in [0.1, 0.15) is 20.3 Å². The highest BCUT2D eigenvalue weighted by molar-refractivity contribution is 8.00. The smallest absolute Gasteiger partial charge is 0.330 e. The molecule has 0 fully saturated rings. The fourth-order valence-electron chi connectivity index (χ4n) is 0.877. The molecule has 2 atom stereocenters. The molecule has 0 heterocycles. The van der Waals surface area contributed by atoms with Crippen molar-refractivity contribution in [3.05, 3.63) is 0 Å². The number of hydrogen-bond donors (Lipinski definition) is 1. The molecular weight excluding hydrogens is 199 g/mol. The molecule has 13 heavy (non-hydrogen) atoms. The highest BCUT2D eigenvalue weighted by Gasteiger charge is 2.27. The molecule has 0 aromatic heterocycles. The van der Waals surface area contributed by atoms with E-state index in [-0.39, 0.29) is 23.4 Å². The van der Waals surface area contributed by atoms with E-state index < -0.39 is 5.51 Å². The standard InChI is InChI=1S/C8H16F3NS/c1-6(7(2)5-12)3-4-13-8(9,10)11/h6-7H,3-5,12H2,1-2H3. The van der Waals surface area contributed by atoms with Gasteiger partial charge in [-0.05, 0) is 24.8 Å². The molecule has 0 saturated carbocycles. The van der Waals surface area contributed by atoms with E-state index in [9.17, 15) is 13.2 Å². The molecule has 0 saturated heterocycles. The van der Waals surface area contributed by atoms with Gasteiger partial charge in [-0.25, -0.2) is 0 Å². The second kappa shape index (κ2) is 5.75. The van der Waals surface area contributed by atoms with Crippen molar-refractivity contribution in [3.8, 4) is 0 Å². The van der Waals surface area contributed by atoms with E-state index in [4.69, 9.17) is 5.73 Å². The lowest BCUT2D eigenvalue weighted by Gasteiger charge is -2.17. The van der Waals surface area contributed by atoms with Crippen LogP contribution in [0.5, 0.6) is 0 Å². The van der Waals surface area contributed by atoms with Crippen molar-refractivity contribution < 1.29 is 13.2 Å². The van der Waals surface area contributed by atoms with E-state index in [0.29, 0.717) is 18.9 Å². The van der Waals surface area contributed by atoms with Gasteiger partial charge in [0.25, 0.3) is 0 Å². The van der Waals surface area contributed by atoms with Crippen LogP contribution in [-0.2, 0) is 0 Å². The zero-order valence-corrected chi connectivity index (χ0v) is 8.71. The van der Waals surface area contributed by atoms with Crippen LogP contribution in [0.4, 0.5) is 13.2 Å². The average Bonchev–Trinajstić information content (AvgIpc) is 2.00. The molecule has 2 N–H and O–H groups in total. The molecule has 0 spiro atoms. The molecule has 0 radical (unpaired) electrons. The van der Waals surface area contributed by atoms with Gasteiger partial charge in [0.1, 0.15) is 0 Å². The summed E-state index contributed by atoms with van der Waals surface area (Å²) in [7, 11) is 0. The van der Waals surface area contributed by atoms with Gasteiger partial charge in [-0.1, -0.05) is 25.6 Å². The Bertz CT molecular complexity index is 138. The molecule has 0 rings (SSSR count). The Morgan fingerprint density at radius 3 is 2.15 bits per heavy atom. The minimum atomic E-state index is -4.09. The van der Waals surface area contributed by atoms with Gasteiger partial charge in [0, 0.05) is 5.75 Å². The Balaban J connectivity index is 3.53. The number of halogens is 3. The van der Waals surface area contributed by atoms with E-state index in [1.807, 2.05) is 13.8 Å². The van der Waals surface area contributed by atoms with E-state index >= 15 is 0 Å². The minimum absolute atomic E-state index is 0.0490. The number of alkyl halides is 3. The lowest BCUT2D eigenvalue weighted by molar-refractivity contribution is -0.0328. The van der Waals surface area contributed by atoms with Gasteiger partial charge in [0.05, 0.1) is 0 Å². The topological polar surface area (TPSA) is 26.0 Å². The monoisotopic (exact) mass is 215 g/mol. The predicted octanol–water partition coefficient (Wildman–Crippen LogP) is 2.86. The normalized spacial score (nSPS) is 17.1. The maximum absolute atomic E-state index is 11.7. The summed E-state index contributed by atoms with van der Waals surface area (Å²) in [6.45, 7) is 4.44. The zero-order chi connectivity index (χ0) is 10.5. The molecular formula is C8H16F3NS. The van der Waals surface area contributed by atoms with Crippen molar-refractivity contribution in [1.82, 2.24) is 0 Å². The van der Waals surface area contributed by atoms with Crippen LogP contribution in [0.25, 0.3) is 0 Å². The van der Waals surface area contributed by atoms with E-state index in [0.717, 1.165) is 0 Å². The Labute approximate surface area is 81.3 Å². The van der Waals surface area contributed by atoms with Gasteiger partial charge < -0.3 is 5.73 Å². The molecule has 0 aliphatic rings. The second-order valence-electron chi connectivity index (χ2n) is 3.27. The largest absolute Gasteiger partial charge is 0.441 e. The third-order valence-electron chi connectivity index (χ3n) is 2.18. The number of nitrogens with two attached hydrogens (primary N) is 1. The van der Waals surface area contributed by atoms with Crippen molar-refractivity contribution in [2.24, 2.45) is 17.6 Å². The summed E-state index contributed by atoms with van der Waals surface area (Å²) in [5.41, 5.74) is 1.31. The van der Waals surface area contributed by atoms with Crippen molar-refractivity contribution in [2.45, 2.75) is 25.8 Å². The first-order chi connectivity index (χ1) is 5.87. The Kier molecular flexibility index (Phi) is 5.80. The molecule has 80 valence electrons. The SMILES string of the molecule is CC(CN)C(C)CCSC(F)(F)F. The van der Waals surface area contributed by atoms with Crippen molar-refractivity contribution >= 4 is 11.8 Å². The fourth-order valence-corrected chi connectivity index (χ4v) is 1.60. The molecule has 0 aromatic carbocycles. The zero-order valence-electron chi connectivity index (χ0n) is 7.90. The lowest BCUT2D eigenvalue weighted by Crippen LogP contribution is -2.19. The molecule has 2 unspecified atom stereocenters. The van der Waals surface area contributed by atoms with Gasteiger partial charge in [0.15, 0.2) is 0 Å². The Hall–Kier alpha value is 0.100. The van der Waals surface area contributed by atoms with Crippen LogP contribution >= 0.6 is 11.8 Å². The van der Waals surface area contributed by atoms with Gasteiger partial charge in [-0.2, -0.15) is 13.2 Å². The molecule has 0 bridgehead atoms. The first-order valence-corrected chi connectivity index (χ1v) is 5.26.